The van der Waals surface area contributed by atoms with Crippen LogP contribution in [0.2, 0.25) is 0 Å². The second-order valence-corrected chi connectivity index (χ2v) is 9.95. The fourth-order valence-corrected chi connectivity index (χ4v) is 5.28. The highest BCUT2D eigenvalue weighted by molar-refractivity contribution is 7.15. The molecule has 4 rings (SSSR count). The third-order valence-electron chi connectivity index (χ3n) is 5.81. The quantitative estimate of drug-likeness (QED) is 0.345. The molecule has 0 aliphatic rings. The van der Waals surface area contributed by atoms with E-state index in [2.05, 4.69) is 50.2 Å². The highest BCUT2D eigenvalue weighted by Crippen LogP contribution is 2.34. The molecule has 7 heteroatoms. The van der Waals surface area contributed by atoms with Crippen LogP contribution in [0.3, 0.4) is 0 Å². The van der Waals surface area contributed by atoms with Crippen molar-refractivity contribution in [1.29, 1.82) is 0 Å². The molecule has 0 amide bonds. The molecule has 0 saturated heterocycles. The van der Waals surface area contributed by atoms with Crippen molar-refractivity contribution in [1.82, 2.24) is 10.1 Å². The van der Waals surface area contributed by atoms with Gasteiger partial charge in [0.25, 0.3) is 0 Å². The van der Waals surface area contributed by atoms with Gasteiger partial charge in [0.15, 0.2) is 5.58 Å². The number of fused-ring (bicyclic) bond motifs is 1. The number of hydrogen-bond donors (Lipinski definition) is 1. The number of aliphatic carboxylic acids is 1. The van der Waals surface area contributed by atoms with Crippen molar-refractivity contribution in [3.8, 4) is 10.6 Å². The summed E-state index contributed by atoms with van der Waals surface area (Å²) in [6, 6.07) is 12.4. The van der Waals surface area contributed by atoms with E-state index in [1.807, 2.05) is 19.1 Å². The SMILES string of the molecule is Cc1ccc(-c2nc(C(C)C)c(CCc3noc4cc(N(C)CC(=O)O)c(C)cc34)s2)cc1. The van der Waals surface area contributed by atoms with Crippen molar-refractivity contribution in [2.75, 3.05) is 18.5 Å². The highest BCUT2D eigenvalue weighted by Gasteiger charge is 2.18. The Morgan fingerprint density at radius 1 is 1.15 bits per heavy atom. The molecule has 0 saturated carbocycles. The maximum absolute atomic E-state index is 11.1. The monoisotopic (exact) mass is 463 g/mol. The van der Waals surface area contributed by atoms with E-state index in [0.717, 1.165) is 51.4 Å². The second-order valence-electron chi connectivity index (χ2n) is 8.86. The standard InChI is InChI=1S/C26H29N3O3S/c1-15(2)25-23(33-26(27-25)18-8-6-16(3)7-9-18)11-10-20-19-12-17(4)21(13-22(19)32-28-20)29(5)14-24(30)31/h6-9,12-13,15H,10-11,14H2,1-5H3,(H,30,31). The molecule has 6 nitrogen and oxygen atoms in total. The summed E-state index contributed by atoms with van der Waals surface area (Å²) >= 11 is 1.76. The van der Waals surface area contributed by atoms with Crippen LogP contribution in [0.5, 0.6) is 0 Å². The molecule has 172 valence electrons. The van der Waals surface area contributed by atoms with Gasteiger partial charge in [-0.1, -0.05) is 48.8 Å². The second kappa shape index (κ2) is 9.35. The summed E-state index contributed by atoms with van der Waals surface area (Å²) < 4.78 is 5.62. The van der Waals surface area contributed by atoms with Crippen molar-refractivity contribution >= 4 is 34.0 Å². The predicted octanol–water partition coefficient (Wildman–Crippen LogP) is 6.00. The average Bonchev–Trinajstić information content (AvgIpc) is 3.35. The van der Waals surface area contributed by atoms with Gasteiger partial charge < -0.3 is 14.5 Å². The van der Waals surface area contributed by atoms with Gasteiger partial charge in [-0.2, -0.15) is 0 Å². The van der Waals surface area contributed by atoms with Crippen molar-refractivity contribution in [3.05, 3.63) is 63.8 Å². The van der Waals surface area contributed by atoms with Gasteiger partial charge in [-0.15, -0.1) is 11.3 Å². The first-order valence-electron chi connectivity index (χ1n) is 11.1. The van der Waals surface area contributed by atoms with E-state index < -0.39 is 5.97 Å². The van der Waals surface area contributed by atoms with Crippen LogP contribution in [0.25, 0.3) is 21.5 Å². The molecule has 0 spiro atoms. The lowest BCUT2D eigenvalue weighted by Gasteiger charge is -2.18. The van der Waals surface area contributed by atoms with E-state index in [9.17, 15) is 4.79 Å². The van der Waals surface area contributed by atoms with E-state index in [1.54, 1.807) is 23.3 Å². The summed E-state index contributed by atoms with van der Waals surface area (Å²) in [5, 5.41) is 15.5. The van der Waals surface area contributed by atoms with Crippen molar-refractivity contribution in [2.24, 2.45) is 0 Å². The fraction of sp³-hybridized carbons (Fsp3) is 0.346. The Balaban J connectivity index is 1.59. The van der Waals surface area contributed by atoms with Gasteiger partial charge in [0, 0.05) is 34.6 Å². The number of hydrogen-bond acceptors (Lipinski definition) is 6. The van der Waals surface area contributed by atoms with Crippen molar-refractivity contribution < 1.29 is 14.4 Å². The summed E-state index contributed by atoms with van der Waals surface area (Å²) in [4.78, 5) is 19.0. The average molecular weight is 464 g/mol. The molecule has 0 bridgehead atoms. The molecule has 0 radical (unpaired) electrons. The third kappa shape index (κ3) is 4.93. The summed E-state index contributed by atoms with van der Waals surface area (Å²) in [6.07, 6.45) is 1.60. The largest absolute Gasteiger partial charge is 0.480 e. The number of anilines is 1. The Bertz CT molecular complexity index is 1290. The number of nitrogens with zero attached hydrogens (tertiary/aromatic N) is 3. The van der Waals surface area contributed by atoms with Crippen LogP contribution in [-0.4, -0.2) is 34.8 Å². The first-order valence-corrected chi connectivity index (χ1v) is 11.9. The number of aryl methyl sites for hydroxylation is 4. The maximum Gasteiger partial charge on any atom is 0.323 e. The molecule has 2 heterocycles. The van der Waals surface area contributed by atoms with E-state index >= 15 is 0 Å². The van der Waals surface area contributed by atoms with E-state index in [0.29, 0.717) is 11.5 Å². The Labute approximate surface area is 197 Å². The van der Waals surface area contributed by atoms with E-state index in [4.69, 9.17) is 14.6 Å². The number of benzene rings is 2. The number of thiazole rings is 1. The molecule has 1 N–H and O–H groups in total. The van der Waals surface area contributed by atoms with Crippen molar-refractivity contribution in [3.63, 3.8) is 0 Å². The van der Waals surface area contributed by atoms with Crippen LogP contribution in [0.15, 0.2) is 40.9 Å². The molecule has 0 fully saturated rings. The van der Waals surface area contributed by atoms with Gasteiger partial charge in [0.2, 0.25) is 0 Å². The van der Waals surface area contributed by atoms with Crippen LogP contribution >= 0.6 is 11.3 Å². The number of rotatable bonds is 8. The van der Waals surface area contributed by atoms with Crippen LogP contribution in [0.1, 0.15) is 47.2 Å². The minimum atomic E-state index is -0.870. The molecule has 33 heavy (non-hydrogen) atoms. The van der Waals surface area contributed by atoms with Crippen LogP contribution in [0, 0.1) is 13.8 Å². The summed E-state index contributed by atoms with van der Waals surface area (Å²) in [5.41, 5.74) is 6.97. The zero-order valence-electron chi connectivity index (χ0n) is 19.7. The first kappa shape index (κ1) is 23.0. The van der Waals surface area contributed by atoms with E-state index in [1.165, 1.54) is 10.4 Å². The minimum absolute atomic E-state index is 0.0694. The van der Waals surface area contributed by atoms with Gasteiger partial charge in [0.1, 0.15) is 11.6 Å². The zero-order valence-corrected chi connectivity index (χ0v) is 20.5. The van der Waals surface area contributed by atoms with Gasteiger partial charge in [0.05, 0.1) is 11.4 Å². The fourth-order valence-electron chi connectivity index (χ4n) is 4.06. The molecule has 2 aromatic carbocycles. The molecule has 4 aromatic rings. The van der Waals surface area contributed by atoms with Gasteiger partial charge >= 0.3 is 5.97 Å². The molecular formula is C26H29N3O3S. The van der Waals surface area contributed by atoms with E-state index in [-0.39, 0.29) is 6.54 Å². The first-order chi connectivity index (χ1) is 15.7. The Morgan fingerprint density at radius 2 is 1.88 bits per heavy atom. The van der Waals surface area contributed by atoms with Crippen molar-refractivity contribution in [2.45, 2.75) is 46.5 Å². The lowest BCUT2D eigenvalue weighted by atomic mass is 10.0. The topological polar surface area (TPSA) is 79.5 Å². The highest BCUT2D eigenvalue weighted by atomic mass is 32.1. The summed E-state index contributed by atoms with van der Waals surface area (Å²) in [6.45, 7) is 8.37. The van der Waals surface area contributed by atoms with Gasteiger partial charge in [-0.25, -0.2) is 4.98 Å². The number of carboxylic acid groups (broad SMARTS) is 1. The lowest BCUT2D eigenvalue weighted by Crippen LogP contribution is -2.25. The smallest absolute Gasteiger partial charge is 0.323 e. The third-order valence-corrected chi connectivity index (χ3v) is 6.99. The van der Waals surface area contributed by atoms with Crippen LogP contribution < -0.4 is 4.90 Å². The minimum Gasteiger partial charge on any atom is -0.480 e. The zero-order chi connectivity index (χ0) is 23.7. The maximum atomic E-state index is 11.1. The summed E-state index contributed by atoms with van der Waals surface area (Å²) in [5.74, 6) is -0.523. The number of carbonyl (C=O) groups is 1. The molecule has 2 aromatic heterocycles. The Morgan fingerprint density at radius 3 is 2.55 bits per heavy atom. The van der Waals surface area contributed by atoms with Crippen LogP contribution in [0.4, 0.5) is 5.69 Å². The predicted molar refractivity (Wildman–Crippen MR) is 133 cm³/mol. The Hall–Kier alpha value is -3.19. The number of likely N-dealkylation sites (N-methyl/N-ethyl adjacent to an activating group) is 1. The molecule has 0 unspecified atom stereocenters. The van der Waals surface area contributed by atoms with Crippen LogP contribution in [-0.2, 0) is 17.6 Å². The number of carboxylic acids is 1. The molecule has 0 aliphatic heterocycles. The van der Waals surface area contributed by atoms with Gasteiger partial charge in [-0.05, 0) is 44.2 Å². The Kier molecular flexibility index (Phi) is 6.51. The summed E-state index contributed by atoms with van der Waals surface area (Å²) in [7, 11) is 1.77. The van der Waals surface area contributed by atoms with Gasteiger partial charge in [-0.3, -0.25) is 4.79 Å². The molecule has 0 atom stereocenters. The molecule has 0 aliphatic carbocycles. The molecular weight excluding hydrogens is 434 g/mol. The number of aromatic nitrogens is 2. The normalized spacial score (nSPS) is 11.5. The lowest BCUT2D eigenvalue weighted by molar-refractivity contribution is -0.135.